The molecule has 3 amide bonds. The molecular weight excluding hydrogens is 733 g/mol. The summed E-state index contributed by atoms with van der Waals surface area (Å²) in [6.07, 6.45) is 2.74. The Kier molecular flexibility index (Phi) is 10.8. The van der Waals surface area contributed by atoms with Gasteiger partial charge in [0.2, 0.25) is 17.7 Å². The minimum atomic E-state index is -1.17. The summed E-state index contributed by atoms with van der Waals surface area (Å²) >= 11 is 14.2. The predicted octanol–water partition coefficient (Wildman–Crippen LogP) is 5.53. The number of aromatic nitrogens is 3. The highest BCUT2D eigenvalue weighted by molar-refractivity contribution is 6.39. The third-order valence-electron chi connectivity index (χ3n) is 9.66. The Bertz CT molecular complexity index is 2330. The first-order valence-corrected chi connectivity index (χ1v) is 18.2. The first-order valence-electron chi connectivity index (χ1n) is 17.5. The van der Waals surface area contributed by atoms with E-state index >= 15 is 0 Å². The zero-order valence-corrected chi connectivity index (χ0v) is 30.8. The molecule has 4 N–H and O–H groups in total. The molecule has 3 aromatic heterocycles. The van der Waals surface area contributed by atoms with Gasteiger partial charge in [0.15, 0.2) is 0 Å². The largest absolute Gasteiger partial charge is 0.481 e. The normalized spacial score (nSPS) is 16.7. The first kappa shape index (κ1) is 36.8. The smallest absolute Gasteiger partial charge is 0.407 e. The van der Waals surface area contributed by atoms with Crippen LogP contribution in [0.4, 0.5) is 4.79 Å². The Morgan fingerprint density at radius 2 is 1.57 bits per heavy atom. The molecule has 0 bridgehead atoms. The van der Waals surface area contributed by atoms with E-state index in [1.54, 1.807) is 25.4 Å². The Hall–Kier alpha value is -5.50. The highest BCUT2D eigenvalue weighted by atomic mass is 35.5. The number of carbonyl (C=O) groups excluding carboxylic acids is 2. The van der Waals surface area contributed by atoms with Crippen LogP contribution < -0.4 is 26.2 Å². The van der Waals surface area contributed by atoms with Crippen molar-refractivity contribution in [2.24, 2.45) is 0 Å². The first-order chi connectivity index (χ1) is 26.1. The Labute approximate surface area is 320 Å². The molecule has 278 valence electrons. The number of nitrogens with zero attached hydrogens (tertiary/aromatic N) is 4. The third-order valence-corrected chi connectivity index (χ3v) is 10.5. The number of halogens is 2. The maximum absolute atomic E-state index is 13.3. The minimum absolute atomic E-state index is 0.0776. The highest BCUT2D eigenvalue weighted by Crippen LogP contribution is 2.42. The second-order valence-electron chi connectivity index (χ2n) is 13.3. The summed E-state index contributed by atoms with van der Waals surface area (Å²) in [5.74, 6) is 0.431. The number of amides is 3. The summed E-state index contributed by atoms with van der Waals surface area (Å²) in [6, 6.07) is 19.7. The monoisotopic (exact) mass is 769 g/mol. The van der Waals surface area contributed by atoms with Crippen molar-refractivity contribution in [3.05, 3.63) is 105 Å². The number of nitrogens with one attached hydrogen (secondary N) is 3. The minimum Gasteiger partial charge on any atom is -0.481 e. The average molecular weight is 771 g/mol. The maximum Gasteiger partial charge on any atom is 0.407 e. The van der Waals surface area contributed by atoms with Crippen molar-refractivity contribution >= 4 is 46.8 Å². The lowest BCUT2D eigenvalue weighted by Gasteiger charge is -2.22. The molecule has 2 fully saturated rings. The Morgan fingerprint density at radius 3 is 2.24 bits per heavy atom. The van der Waals surface area contributed by atoms with Gasteiger partial charge in [-0.25, -0.2) is 14.8 Å². The third kappa shape index (κ3) is 7.88. The maximum atomic E-state index is 13.3. The molecule has 54 heavy (non-hydrogen) atoms. The number of fused-ring (bicyclic) bond motifs is 1. The molecule has 0 spiro atoms. The number of benzene rings is 2. The van der Waals surface area contributed by atoms with E-state index in [1.165, 1.54) is 10.5 Å². The molecule has 15 heteroatoms. The summed E-state index contributed by atoms with van der Waals surface area (Å²) in [5, 5.41) is 19.8. The molecule has 0 saturated carbocycles. The van der Waals surface area contributed by atoms with Gasteiger partial charge in [-0.1, -0.05) is 65.7 Å². The molecule has 0 radical (unpaired) electrons. The van der Waals surface area contributed by atoms with Gasteiger partial charge in [-0.15, -0.1) is 0 Å². The van der Waals surface area contributed by atoms with Crippen LogP contribution >= 0.6 is 23.2 Å². The summed E-state index contributed by atoms with van der Waals surface area (Å²) in [7, 11) is 1.57. The van der Waals surface area contributed by atoms with Crippen LogP contribution in [0.15, 0.2) is 77.7 Å². The van der Waals surface area contributed by atoms with Crippen molar-refractivity contribution in [3.63, 3.8) is 0 Å². The fourth-order valence-corrected chi connectivity index (χ4v) is 7.58. The van der Waals surface area contributed by atoms with Gasteiger partial charge in [0.1, 0.15) is 5.65 Å². The van der Waals surface area contributed by atoms with Gasteiger partial charge >= 0.3 is 6.09 Å². The van der Waals surface area contributed by atoms with Crippen LogP contribution in [-0.4, -0.2) is 74.6 Å². The lowest BCUT2D eigenvalue weighted by Crippen LogP contribution is -2.41. The van der Waals surface area contributed by atoms with Crippen molar-refractivity contribution < 1.29 is 24.2 Å². The van der Waals surface area contributed by atoms with Crippen molar-refractivity contribution in [1.29, 1.82) is 0 Å². The molecule has 7 rings (SSSR count). The van der Waals surface area contributed by atoms with Gasteiger partial charge in [-0.3, -0.25) is 18.8 Å². The number of ether oxygens (including phenoxy) is 1. The average Bonchev–Trinajstić information content (AvgIpc) is 3.78. The Morgan fingerprint density at radius 1 is 0.907 bits per heavy atom. The van der Waals surface area contributed by atoms with Crippen LogP contribution in [0, 0.1) is 0 Å². The Balaban J connectivity index is 1.12. The number of carboxylic acid groups (broad SMARTS) is 1. The number of hydrogen-bond donors (Lipinski definition) is 4. The zero-order chi connectivity index (χ0) is 37.9. The van der Waals surface area contributed by atoms with E-state index in [0.29, 0.717) is 93.1 Å². The van der Waals surface area contributed by atoms with Crippen molar-refractivity contribution in [2.45, 2.75) is 50.9 Å². The fourth-order valence-electron chi connectivity index (χ4n) is 6.92. The van der Waals surface area contributed by atoms with Gasteiger partial charge < -0.3 is 30.7 Å². The molecule has 5 heterocycles. The number of hydrogen-bond acceptors (Lipinski definition) is 8. The standard InChI is InChI=1S/C39H37Cl2N7O6/c1-54-38-22(17-42-18-24-10-14-33(49)44-24)8-12-31(46-38)30-7-3-6-29(37(30)41)28-5-2-4-27(36(28)40)23-9-13-32-43-26(16-35(51)48(32)19-23)21-47(39(52)53)20-25-11-15-34(50)45-25/h2-9,12-13,16,19,24-25,42H,10-11,14-15,17-18,20-21H2,1H3,(H,44,49)(H,45,50)(H,52,53). The molecular formula is C39H37Cl2N7O6. The molecule has 0 aliphatic carbocycles. The number of methoxy groups -OCH3 is 1. The number of rotatable bonds is 12. The molecule has 2 unspecified atom stereocenters. The van der Waals surface area contributed by atoms with E-state index in [9.17, 15) is 24.3 Å². The van der Waals surface area contributed by atoms with Crippen molar-refractivity contribution in [2.75, 3.05) is 20.2 Å². The van der Waals surface area contributed by atoms with E-state index in [1.807, 2.05) is 48.5 Å². The number of carbonyl (C=O) groups is 3. The van der Waals surface area contributed by atoms with Crippen LogP contribution in [-0.2, 0) is 22.7 Å². The van der Waals surface area contributed by atoms with E-state index < -0.39 is 6.09 Å². The topological polar surface area (TPSA) is 167 Å². The molecule has 2 aliphatic rings. The quantitative estimate of drug-likeness (QED) is 0.128. The molecule has 5 aromatic rings. The summed E-state index contributed by atoms with van der Waals surface area (Å²) in [6.45, 7) is 1.16. The van der Waals surface area contributed by atoms with Gasteiger partial charge in [-0.2, -0.15) is 0 Å². The molecule has 2 atom stereocenters. The zero-order valence-electron chi connectivity index (χ0n) is 29.3. The molecule has 13 nitrogen and oxygen atoms in total. The summed E-state index contributed by atoms with van der Waals surface area (Å²) < 4.78 is 7.02. The molecule has 2 aromatic carbocycles. The van der Waals surface area contributed by atoms with Crippen LogP contribution in [0.1, 0.15) is 36.9 Å². The SMILES string of the molecule is COc1nc(-c2cccc(-c3cccc(-c4ccc5nc(CN(CC6CCC(=O)N6)C(=O)O)cc(=O)n5c4)c3Cl)c2Cl)ccc1CNCC1CCC(=O)N1. The van der Waals surface area contributed by atoms with Crippen LogP contribution in [0.25, 0.3) is 39.2 Å². The van der Waals surface area contributed by atoms with Crippen molar-refractivity contribution in [1.82, 2.24) is 35.2 Å². The number of pyridine rings is 2. The fraction of sp³-hybridized carbons (Fsp3) is 0.282. The predicted molar refractivity (Wildman–Crippen MR) is 205 cm³/mol. The lowest BCUT2D eigenvalue weighted by molar-refractivity contribution is -0.120. The molecule has 2 saturated heterocycles. The van der Waals surface area contributed by atoms with E-state index in [-0.39, 0.29) is 42.5 Å². The van der Waals surface area contributed by atoms with Crippen LogP contribution in [0.2, 0.25) is 10.0 Å². The highest BCUT2D eigenvalue weighted by Gasteiger charge is 2.26. The summed E-state index contributed by atoms with van der Waals surface area (Å²) in [5.41, 5.74) is 5.13. The van der Waals surface area contributed by atoms with Crippen molar-refractivity contribution in [3.8, 4) is 39.4 Å². The van der Waals surface area contributed by atoms with E-state index in [4.69, 9.17) is 32.9 Å². The second-order valence-corrected chi connectivity index (χ2v) is 14.1. The summed E-state index contributed by atoms with van der Waals surface area (Å²) in [4.78, 5) is 58.9. The van der Waals surface area contributed by atoms with E-state index in [0.717, 1.165) is 16.9 Å². The molecule has 2 aliphatic heterocycles. The second kappa shape index (κ2) is 15.8. The van der Waals surface area contributed by atoms with E-state index in [2.05, 4.69) is 20.9 Å². The van der Waals surface area contributed by atoms with Gasteiger partial charge in [0.25, 0.3) is 5.56 Å². The van der Waals surface area contributed by atoms with Crippen LogP contribution in [0.3, 0.4) is 0 Å². The van der Waals surface area contributed by atoms with Gasteiger partial charge in [0, 0.05) is 90.2 Å². The lowest BCUT2D eigenvalue weighted by atomic mass is 9.97. The van der Waals surface area contributed by atoms with Crippen LogP contribution in [0.5, 0.6) is 5.88 Å². The van der Waals surface area contributed by atoms with Gasteiger partial charge in [0.05, 0.1) is 35.1 Å². The van der Waals surface area contributed by atoms with Gasteiger partial charge in [-0.05, 0) is 31.0 Å².